The molecule has 0 radical (unpaired) electrons. The van der Waals surface area contributed by atoms with Gasteiger partial charge in [0.15, 0.2) is 0 Å². The van der Waals surface area contributed by atoms with Gasteiger partial charge in [0.1, 0.15) is 0 Å². The van der Waals surface area contributed by atoms with Crippen LogP contribution in [0.4, 0.5) is 5.69 Å². The molecular formula is C12H12N2S. The van der Waals surface area contributed by atoms with Crippen molar-refractivity contribution in [3.63, 3.8) is 0 Å². The van der Waals surface area contributed by atoms with Gasteiger partial charge in [-0.25, -0.2) is 0 Å². The molecule has 0 amide bonds. The molecule has 2 heterocycles. The predicted octanol–water partition coefficient (Wildman–Crippen LogP) is 3.43. The Labute approximate surface area is 92.7 Å². The van der Waals surface area contributed by atoms with E-state index >= 15 is 0 Å². The van der Waals surface area contributed by atoms with E-state index in [-0.39, 0.29) is 0 Å². The highest BCUT2D eigenvalue weighted by atomic mass is 32.1. The Morgan fingerprint density at radius 3 is 3.00 bits per heavy atom. The van der Waals surface area contributed by atoms with Gasteiger partial charge in [-0.05, 0) is 30.4 Å². The van der Waals surface area contributed by atoms with Crippen LogP contribution < -0.4 is 5.32 Å². The smallest absolute Gasteiger partial charge is 0.0830 e. The lowest BCUT2D eigenvalue weighted by Crippen LogP contribution is -2.14. The van der Waals surface area contributed by atoms with Crippen molar-refractivity contribution in [3.05, 3.63) is 35.9 Å². The van der Waals surface area contributed by atoms with Crippen LogP contribution in [0.15, 0.2) is 35.9 Å². The van der Waals surface area contributed by atoms with Crippen LogP contribution in [-0.2, 0) is 0 Å². The summed E-state index contributed by atoms with van der Waals surface area (Å²) in [7, 11) is 0. The summed E-state index contributed by atoms with van der Waals surface area (Å²) >= 11 is 1.75. The molecule has 3 heteroatoms. The monoisotopic (exact) mass is 216 g/mol. The second kappa shape index (κ2) is 3.66. The van der Waals surface area contributed by atoms with Crippen LogP contribution in [0.25, 0.3) is 10.2 Å². The average molecular weight is 216 g/mol. The zero-order chi connectivity index (χ0) is 10.1. The summed E-state index contributed by atoms with van der Waals surface area (Å²) in [6, 6.07) is 4.70. The lowest BCUT2D eigenvalue weighted by molar-refractivity contribution is 0.788. The zero-order valence-electron chi connectivity index (χ0n) is 8.31. The normalized spacial score (nSPS) is 16.3. The number of aromatic nitrogens is 1. The first-order chi connectivity index (χ1) is 7.43. The standard InChI is InChI=1S/C12H12N2S/c1-2-4-9(3-1)14-11-5-7-13-10-6-8-15-12(10)11/h1-2,5-9H,3-4H2,(H,13,14). The van der Waals surface area contributed by atoms with Gasteiger partial charge in [-0.15, -0.1) is 11.3 Å². The molecule has 0 saturated heterocycles. The molecule has 1 aliphatic rings. The fraction of sp³-hybridized carbons (Fsp3) is 0.250. The van der Waals surface area contributed by atoms with E-state index in [0.717, 1.165) is 18.4 Å². The lowest BCUT2D eigenvalue weighted by atomic mass is 10.2. The van der Waals surface area contributed by atoms with Gasteiger partial charge in [-0.2, -0.15) is 0 Å². The first-order valence-corrected chi connectivity index (χ1v) is 6.05. The van der Waals surface area contributed by atoms with Crippen molar-refractivity contribution in [2.45, 2.75) is 18.9 Å². The largest absolute Gasteiger partial charge is 0.380 e. The third kappa shape index (κ3) is 1.63. The van der Waals surface area contributed by atoms with Gasteiger partial charge < -0.3 is 5.32 Å². The number of hydrogen-bond donors (Lipinski definition) is 1. The molecule has 2 aromatic rings. The van der Waals surface area contributed by atoms with Gasteiger partial charge in [-0.1, -0.05) is 12.2 Å². The Hall–Kier alpha value is -1.35. The van der Waals surface area contributed by atoms with Crippen molar-refractivity contribution in [1.29, 1.82) is 0 Å². The summed E-state index contributed by atoms with van der Waals surface area (Å²) in [6.07, 6.45) is 8.62. The molecule has 3 rings (SSSR count). The summed E-state index contributed by atoms with van der Waals surface area (Å²) in [5.74, 6) is 0. The minimum absolute atomic E-state index is 0.567. The molecule has 76 valence electrons. The average Bonchev–Trinajstić information content (AvgIpc) is 2.87. The second-order valence-electron chi connectivity index (χ2n) is 3.78. The zero-order valence-corrected chi connectivity index (χ0v) is 9.13. The number of anilines is 1. The van der Waals surface area contributed by atoms with Gasteiger partial charge in [0, 0.05) is 12.2 Å². The molecule has 0 saturated carbocycles. The number of rotatable bonds is 2. The van der Waals surface area contributed by atoms with E-state index in [2.05, 4.69) is 40.0 Å². The van der Waals surface area contributed by atoms with Gasteiger partial charge >= 0.3 is 0 Å². The predicted molar refractivity (Wildman–Crippen MR) is 65.4 cm³/mol. The molecule has 2 nitrogen and oxygen atoms in total. The molecule has 0 spiro atoms. The minimum atomic E-state index is 0.567. The third-order valence-corrected chi connectivity index (χ3v) is 3.65. The first-order valence-electron chi connectivity index (χ1n) is 5.17. The second-order valence-corrected chi connectivity index (χ2v) is 4.69. The highest BCUT2D eigenvalue weighted by Crippen LogP contribution is 2.28. The molecule has 0 unspecified atom stereocenters. The van der Waals surface area contributed by atoms with E-state index in [1.165, 1.54) is 10.4 Å². The number of pyridine rings is 1. The van der Waals surface area contributed by atoms with Crippen LogP contribution in [0, 0.1) is 0 Å². The maximum absolute atomic E-state index is 4.33. The molecule has 0 aromatic carbocycles. The molecule has 0 fully saturated rings. The highest BCUT2D eigenvalue weighted by Gasteiger charge is 2.11. The van der Waals surface area contributed by atoms with Crippen molar-refractivity contribution >= 4 is 27.2 Å². The Morgan fingerprint density at radius 2 is 2.13 bits per heavy atom. The van der Waals surface area contributed by atoms with Crippen LogP contribution >= 0.6 is 11.3 Å². The van der Waals surface area contributed by atoms with E-state index in [0.29, 0.717) is 6.04 Å². The maximum atomic E-state index is 4.33. The van der Waals surface area contributed by atoms with Gasteiger partial charge in [0.2, 0.25) is 0 Å². The van der Waals surface area contributed by atoms with Gasteiger partial charge in [0.25, 0.3) is 0 Å². The number of nitrogens with zero attached hydrogens (tertiary/aromatic N) is 1. The van der Waals surface area contributed by atoms with Gasteiger partial charge in [-0.3, -0.25) is 4.98 Å². The Bertz CT molecular complexity index is 493. The molecule has 1 aliphatic carbocycles. The van der Waals surface area contributed by atoms with Crippen LogP contribution in [-0.4, -0.2) is 11.0 Å². The molecular weight excluding hydrogens is 204 g/mol. The fourth-order valence-electron chi connectivity index (χ4n) is 1.94. The number of thiophene rings is 1. The summed E-state index contributed by atoms with van der Waals surface area (Å²) in [4.78, 5) is 4.33. The molecule has 1 N–H and O–H groups in total. The molecule has 0 aliphatic heterocycles. The SMILES string of the molecule is C1=CCC(Nc2ccnc3ccsc23)C1. The van der Waals surface area contributed by atoms with Crippen LogP contribution in [0.3, 0.4) is 0 Å². The molecule has 2 aromatic heterocycles. The van der Waals surface area contributed by atoms with Crippen LogP contribution in [0.1, 0.15) is 12.8 Å². The van der Waals surface area contributed by atoms with E-state index in [4.69, 9.17) is 0 Å². The quantitative estimate of drug-likeness (QED) is 0.778. The highest BCUT2D eigenvalue weighted by molar-refractivity contribution is 7.17. The summed E-state index contributed by atoms with van der Waals surface area (Å²) in [6.45, 7) is 0. The molecule has 0 bridgehead atoms. The number of fused-ring (bicyclic) bond motifs is 1. The molecule has 15 heavy (non-hydrogen) atoms. The fourth-order valence-corrected chi connectivity index (χ4v) is 2.77. The number of hydrogen-bond acceptors (Lipinski definition) is 3. The summed E-state index contributed by atoms with van der Waals surface area (Å²) in [5, 5.41) is 5.67. The number of nitrogens with one attached hydrogen (secondary N) is 1. The van der Waals surface area contributed by atoms with E-state index in [1.807, 2.05) is 6.20 Å². The third-order valence-electron chi connectivity index (χ3n) is 2.71. The summed E-state index contributed by atoms with van der Waals surface area (Å²) < 4.78 is 1.27. The van der Waals surface area contributed by atoms with Crippen molar-refractivity contribution in [1.82, 2.24) is 4.98 Å². The molecule has 0 atom stereocenters. The summed E-state index contributed by atoms with van der Waals surface area (Å²) in [5.41, 5.74) is 2.32. The van der Waals surface area contributed by atoms with E-state index in [1.54, 1.807) is 11.3 Å². The van der Waals surface area contributed by atoms with Crippen LogP contribution in [0.5, 0.6) is 0 Å². The van der Waals surface area contributed by atoms with E-state index in [9.17, 15) is 0 Å². The lowest BCUT2D eigenvalue weighted by Gasteiger charge is -2.13. The topological polar surface area (TPSA) is 24.9 Å². The Kier molecular flexibility index (Phi) is 2.18. The van der Waals surface area contributed by atoms with Crippen LogP contribution in [0.2, 0.25) is 0 Å². The van der Waals surface area contributed by atoms with Gasteiger partial charge in [0.05, 0.1) is 15.9 Å². The Balaban J connectivity index is 1.92. The Morgan fingerprint density at radius 1 is 1.27 bits per heavy atom. The first kappa shape index (κ1) is 8.92. The van der Waals surface area contributed by atoms with Crippen molar-refractivity contribution in [3.8, 4) is 0 Å². The van der Waals surface area contributed by atoms with Crippen molar-refractivity contribution in [2.24, 2.45) is 0 Å². The van der Waals surface area contributed by atoms with Crippen molar-refractivity contribution in [2.75, 3.05) is 5.32 Å². The maximum Gasteiger partial charge on any atom is 0.0830 e. The van der Waals surface area contributed by atoms with Crippen molar-refractivity contribution < 1.29 is 0 Å². The minimum Gasteiger partial charge on any atom is -0.380 e. The van der Waals surface area contributed by atoms with E-state index < -0.39 is 0 Å².